The minimum absolute atomic E-state index is 0.130. The van der Waals surface area contributed by atoms with Gasteiger partial charge in [0.15, 0.2) is 0 Å². The molecule has 0 aliphatic carbocycles. The molecule has 0 fully saturated rings. The second-order valence-corrected chi connectivity index (χ2v) is 5.40. The first-order chi connectivity index (χ1) is 10.9. The minimum atomic E-state index is -0.877. The van der Waals surface area contributed by atoms with Crippen molar-refractivity contribution in [1.29, 1.82) is 0 Å². The number of esters is 1. The van der Waals surface area contributed by atoms with Crippen LogP contribution in [0.1, 0.15) is 32.3 Å². The summed E-state index contributed by atoms with van der Waals surface area (Å²) in [5.74, 6) is -1.85. The van der Waals surface area contributed by atoms with Crippen LogP contribution >= 0.6 is 0 Å². The molecular weight excluding hydrogens is 296 g/mol. The summed E-state index contributed by atoms with van der Waals surface area (Å²) in [7, 11) is 0. The van der Waals surface area contributed by atoms with Crippen molar-refractivity contribution in [2.24, 2.45) is 11.7 Å². The first-order valence-electron chi connectivity index (χ1n) is 7.73. The molecule has 3 N–H and O–H groups in total. The van der Waals surface area contributed by atoms with Crippen molar-refractivity contribution in [1.82, 2.24) is 5.32 Å². The summed E-state index contributed by atoms with van der Waals surface area (Å²) < 4.78 is 4.89. The van der Waals surface area contributed by atoms with Crippen LogP contribution in [-0.4, -0.2) is 30.4 Å². The number of hydrogen-bond acceptors (Lipinski definition) is 4. The van der Waals surface area contributed by atoms with Crippen molar-refractivity contribution in [2.45, 2.75) is 39.2 Å². The van der Waals surface area contributed by atoms with Crippen LogP contribution in [0.3, 0.4) is 0 Å². The molecule has 0 aromatic heterocycles. The van der Waals surface area contributed by atoms with Crippen molar-refractivity contribution in [3.63, 3.8) is 0 Å². The van der Waals surface area contributed by atoms with E-state index in [9.17, 15) is 14.4 Å². The Morgan fingerprint density at radius 2 is 1.87 bits per heavy atom. The summed E-state index contributed by atoms with van der Waals surface area (Å²) in [5.41, 5.74) is 6.35. The zero-order valence-electron chi connectivity index (χ0n) is 13.6. The van der Waals surface area contributed by atoms with Crippen LogP contribution in [0, 0.1) is 5.92 Å². The average molecular weight is 320 g/mol. The predicted molar refractivity (Wildman–Crippen MR) is 86.3 cm³/mol. The summed E-state index contributed by atoms with van der Waals surface area (Å²) >= 11 is 0. The van der Waals surface area contributed by atoms with E-state index in [0.29, 0.717) is 6.42 Å². The fraction of sp³-hybridized carbons (Fsp3) is 0.471. The number of carbonyl (C=O) groups is 3. The molecule has 0 saturated heterocycles. The first kappa shape index (κ1) is 18.7. The second-order valence-electron chi connectivity index (χ2n) is 5.40. The maximum absolute atomic E-state index is 12.0. The summed E-state index contributed by atoms with van der Waals surface area (Å²) in [6, 6.07) is 8.70. The van der Waals surface area contributed by atoms with Gasteiger partial charge in [0.2, 0.25) is 11.8 Å². The van der Waals surface area contributed by atoms with E-state index in [0.717, 1.165) is 5.56 Å². The summed E-state index contributed by atoms with van der Waals surface area (Å²) in [6.07, 6.45) is 0.957. The van der Waals surface area contributed by atoms with Crippen LogP contribution in [0.2, 0.25) is 0 Å². The molecule has 2 amide bonds. The Bertz CT molecular complexity index is 531. The zero-order chi connectivity index (χ0) is 17.2. The lowest BCUT2D eigenvalue weighted by Gasteiger charge is -2.18. The molecule has 0 aliphatic rings. The van der Waals surface area contributed by atoms with Gasteiger partial charge in [-0.15, -0.1) is 0 Å². The lowest BCUT2D eigenvalue weighted by atomic mass is 10.0. The zero-order valence-corrected chi connectivity index (χ0v) is 13.6. The summed E-state index contributed by atoms with van der Waals surface area (Å²) in [6.45, 7) is 3.62. The van der Waals surface area contributed by atoms with Crippen molar-refractivity contribution >= 4 is 17.8 Å². The second kappa shape index (κ2) is 9.61. The molecule has 6 heteroatoms. The number of hydrogen-bond donors (Lipinski definition) is 2. The standard InChI is InChI=1S/C17H24N2O4/c1-3-23-17(22)12(2)11-14(16(18)21)19-15(20)10-9-13-7-5-4-6-8-13/h4-8,12,14H,3,9-11H2,1-2H3,(H2,18,21)(H,19,20)/t12-,14-/m1/s1. The van der Waals surface area contributed by atoms with Gasteiger partial charge in [-0.3, -0.25) is 14.4 Å². The largest absolute Gasteiger partial charge is 0.466 e. The number of primary amides is 1. The van der Waals surface area contributed by atoms with Crippen LogP contribution in [0.25, 0.3) is 0 Å². The van der Waals surface area contributed by atoms with Gasteiger partial charge in [0.05, 0.1) is 12.5 Å². The van der Waals surface area contributed by atoms with Crippen molar-refractivity contribution < 1.29 is 19.1 Å². The third-order valence-electron chi connectivity index (χ3n) is 3.44. The third kappa shape index (κ3) is 6.95. The number of ether oxygens (including phenoxy) is 1. The Morgan fingerprint density at radius 3 is 2.43 bits per heavy atom. The highest BCUT2D eigenvalue weighted by atomic mass is 16.5. The van der Waals surface area contributed by atoms with E-state index in [1.54, 1.807) is 13.8 Å². The number of benzene rings is 1. The van der Waals surface area contributed by atoms with Gasteiger partial charge >= 0.3 is 5.97 Å². The van der Waals surface area contributed by atoms with Crippen molar-refractivity contribution in [3.05, 3.63) is 35.9 Å². The molecule has 126 valence electrons. The number of amides is 2. The number of nitrogens with one attached hydrogen (secondary N) is 1. The van der Waals surface area contributed by atoms with E-state index in [1.165, 1.54) is 0 Å². The van der Waals surface area contributed by atoms with Gasteiger partial charge in [-0.25, -0.2) is 0 Å². The Balaban J connectivity index is 2.50. The van der Waals surface area contributed by atoms with Gasteiger partial charge in [-0.05, 0) is 25.3 Å². The maximum Gasteiger partial charge on any atom is 0.308 e. The van der Waals surface area contributed by atoms with Crippen LogP contribution in [0.5, 0.6) is 0 Å². The predicted octanol–water partition coefficient (Wildman–Crippen LogP) is 1.18. The van der Waals surface area contributed by atoms with Crippen LogP contribution in [0.4, 0.5) is 0 Å². The minimum Gasteiger partial charge on any atom is -0.466 e. The molecule has 0 aliphatic heterocycles. The Kier molecular flexibility index (Phi) is 7.80. The van der Waals surface area contributed by atoms with E-state index in [-0.39, 0.29) is 25.4 Å². The Hall–Kier alpha value is -2.37. The molecule has 0 heterocycles. The quantitative estimate of drug-likeness (QED) is 0.667. The van der Waals surface area contributed by atoms with Gasteiger partial charge in [0, 0.05) is 6.42 Å². The molecule has 1 aromatic rings. The van der Waals surface area contributed by atoms with E-state index >= 15 is 0 Å². The fourth-order valence-electron chi connectivity index (χ4n) is 2.15. The molecule has 1 rings (SSSR count). The van der Waals surface area contributed by atoms with Crippen molar-refractivity contribution in [3.8, 4) is 0 Å². The SMILES string of the molecule is CCOC(=O)[C@H](C)C[C@@H](NC(=O)CCc1ccccc1)C(N)=O. The Morgan fingerprint density at radius 1 is 1.22 bits per heavy atom. The molecule has 2 atom stereocenters. The molecule has 0 radical (unpaired) electrons. The normalized spacial score (nSPS) is 13.0. The van der Waals surface area contributed by atoms with Gasteiger partial charge < -0.3 is 15.8 Å². The molecule has 1 aromatic carbocycles. The van der Waals surface area contributed by atoms with E-state index in [1.807, 2.05) is 30.3 Å². The smallest absolute Gasteiger partial charge is 0.308 e. The van der Waals surface area contributed by atoms with E-state index in [4.69, 9.17) is 10.5 Å². The van der Waals surface area contributed by atoms with E-state index < -0.39 is 23.8 Å². The van der Waals surface area contributed by atoms with Gasteiger partial charge in [0.1, 0.15) is 6.04 Å². The third-order valence-corrected chi connectivity index (χ3v) is 3.44. The molecule has 0 unspecified atom stereocenters. The molecule has 0 bridgehead atoms. The molecule has 23 heavy (non-hydrogen) atoms. The fourth-order valence-corrected chi connectivity index (χ4v) is 2.15. The van der Waals surface area contributed by atoms with Crippen molar-refractivity contribution in [2.75, 3.05) is 6.61 Å². The highest BCUT2D eigenvalue weighted by Crippen LogP contribution is 2.09. The lowest BCUT2D eigenvalue weighted by Crippen LogP contribution is -2.46. The molecule has 6 nitrogen and oxygen atoms in total. The molecule has 0 saturated carbocycles. The van der Waals surface area contributed by atoms with Crippen LogP contribution in [-0.2, 0) is 25.5 Å². The number of carbonyl (C=O) groups excluding carboxylic acids is 3. The first-order valence-corrected chi connectivity index (χ1v) is 7.73. The van der Waals surface area contributed by atoms with Gasteiger partial charge in [-0.1, -0.05) is 37.3 Å². The lowest BCUT2D eigenvalue weighted by molar-refractivity contribution is -0.148. The van der Waals surface area contributed by atoms with E-state index in [2.05, 4.69) is 5.32 Å². The molecule has 0 spiro atoms. The Labute approximate surface area is 136 Å². The van der Waals surface area contributed by atoms with Crippen LogP contribution in [0.15, 0.2) is 30.3 Å². The highest BCUT2D eigenvalue weighted by molar-refractivity contribution is 5.87. The maximum atomic E-state index is 12.0. The summed E-state index contributed by atoms with van der Waals surface area (Å²) in [5, 5.41) is 2.59. The van der Waals surface area contributed by atoms with Gasteiger partial charge in [-0.2, -0.15) is 0 Å². The van der Waals surface area contributed by atoms with Gasteiger partial charge in [0.25, 0.3) is 0 Å². The average Bonchev–Trinajstić information content (AvgIpc) is 2.53. The monoisotopic (exact) mass is 320 g/mol. The topological polar surface area (TPSA) is 98.5 Å². The number of nitrogens with two attached hydrogens (primary N) is 1. The molecular formula is C17H24N2O4. The highest BCUT2D eigenvalue weighted by Gasteiger charge is 2.25. The van der Waals surface area contributed by atoms with Crippen LogP contribution < -0.4 is 11.1 Å². The number of aryl methyl sites for hydroxylation is 1. The number of rotatable bonds is 9. The summed E-state index contributed by atoms with van der Waals surface area (Å²) in [4.78, 5) is 35.1.